The summed E-state index contributed by atoms with van der Waals surface area (Å²) in [4.78, 5) is 20.5. The van der Waals surface area contributed by atoms with Gasteiger partial charge in [0.1, 0.15) is 0 Å². The molecule has 1 N–H and O–H groups in total. The second kappa shape index (κ2) is 8.92. The first-order chi connectivity index (χ1) is 14.3. The number of nitrogens with one attached hydrogen (secondary N) is 1. The maximum atomic E-state index is 12.2. The highest BCUT2D eigenvalue weighted by atomic mass is 16.5. The summed E-state index contributed by atoms with van der Waals surface area (Å²) in [5, 5.41) is 11.1. The number of aromatic nitrogens is 5. The monoisotopic (exact) mass is 388 g/mol. The third-order valence-electron chi connectivity index (χ3n) is 4.36. The fraction of sp³-hybridized carbons (Fsp3) is 0.190. The fourth-order valence-electron chi connectivity index (χ4n) is 2.90. The number of pyridine rings is 1. The first-order valence-electron chi connectivity index (χ1n) is 9.31. The lowest BCUT2D eigenvalue weighted by molar-refractivity contribution is -0.121. The number of rotatable bonds is 8. The highest BCUT2D eigenvalue weighted by molar-refractivity contribution is 5.76. The molecule has 0 aliphatic rings. The molecule has 0 spiro atoms. The van der Waals surface area contributed by atoms with Gasteiger partial charge in [-0.15, -0.1) is 0 Å². The molecule has 3 heterocycles. The Bertz CT molecular complexity index is 1060. The zero-order chi connectivity index (χ0) is 19.9. The number of carbonyl (C=O) groups is 1. The first-order valence-corrected chi connectivity index (χ1v) is 9.31. The van der Waals surface area contributed by atoms with Crippen LogP contribution >= 0.6 is 0 Å². The molecule has 4 rings (SSSR count). The second-order valence-corrected chi connectivity index (χ2v) is 6.55. The van der Waals surface area contributed by atoms with Gasteiger partial charge in [0.15, 0.2) is 0 Å². The van der Waals surface area contributed by atoms with E-state index in [2.05, 4.69) is 31.6 Å². The van der Waals surface area contributed by atoms with Gasteiger partial charge in [-0.2, -0.15) is 10.1 Å². The summed E-state index contributed by atoms with van der Waals surface area (Å²) in [6, 6.07) is 13.6. The zero-order valence-electron chi connectivity index (χ0n) is 15.7. The van der Waals surface area contributed by atoms with Gasteiger partial charge in [0.2, 0.25) is 17.6 Å². The number of hydrogen-bond donors (Lipinski definition) is 1. The fourth-order valence-corrected chi connectivity index (χ4v) is 2.90. The number of hydrogen-bond acceptors (Lipinski definition) is 6. The van der Waals surface area contributed by atoms with Crippen LogP contribution in [-0.2, 0) is 24.3 Å². The molecule has 0 fully saturated rings. The minimum absolute atomic E-state index is 0.0638. The zero-order valence-corrected chi connectivity index (χ0v) is 15.7. The van der Waals surface area contributed by atoms with Crippen molar-refractivity contribution >= 4 is 5.91 Å². The van der Waals surface area contributed by atoms with E-state index >= 15 is 0 Å². The molecule has 0 saturated carbocycles. The Kier molecular flexibility index (Phi) is 5.70. The molecule has 0 aliphatic carbocycles. The predicted octanol–water partition coefficient (Wildman–Crippen LogP) is 2.63. The van der Waals surface area contributed by atoms with Gasteiger partial charge >= 0.3 is 0 Å². The van der Waals surface area contributed by atoms with Gasteiger partial charge in [-0.05, 0) is 29.3 Å². The van der Waals surface area contributed by atoms with Crippen LogP contribution < -0.4 is 5.32 Å². The van der Waals surface area contributed by atoms with Crippen LogP contribution in [0.3, 0.4) is 0 Å². The summed E-state index contributed by atoms with van der Waals surface area (Å²) in [6.45, 7) is 1.17. The number of aryl methyl sites for hydroxylation is 1. The SMILES string of the molecule is O=C(CCc1nc(-c2ccncc2)no1)NCc1cccc(Cn2cccn2)c1. The Morgan fingerprint density at radius 3 is 2.76 bits per heavy atom. The molecule has 4 aromatic rings. The molecule has 8 nitrogen and oxygen atoms in total. The smallest absolute Gasteiger partial charge is 0.227 e. The Balaban J connectivity index is 1.26. The molecule has 0 aliphatic heterocycles. The normalized spacial score (nSPS) is 10.8. The molecule has 1 aromatic carbocycles. The molecule has 8 heteroatoms. The summed E-state index contributed by atoms with van der Waals surface area (Å²) in [6.07, 6.45) is 7.69. The maximum Gasteiger partial charge on any atom is 0.227 e. The molecule has 3 aromatic heterocycles. The molecule has 0 radical (unpaired) electrons. The quantitative estimate of drug-likeness (QED) is 0.498. The van der Waals surface area contributed by atoms with Gasteiger partial charge in [0.05, 0.1) is 6.54 Å². The van der Waals surface area contributed by atoms with Crippen LogP contribution in [0.4, 0.5) is 0 Å². The van der Waals surface area contributed by atoms with Crippen LogP contribution in [0, 0.1) is 0 Å². The summed E-state index contributed by atoms with van der Waals surface area (Å²) >= 11 is 0. The van der Waals surface area contributed by atoms with Crippen molar-refractivity contribution in [1.29, 1.82) is 0 Å². The molecule has 0 saturated heterocycles. The molecule has 0 atom stereocenters. The van der Waals surface area contributed by atoms with Crippen molar-refractivity contribution in [3.63, 3.8) is 0 Å². The van der Waals surface area contributed by atoms with E-state index in [1.165, 1.54) is 0 Å². The molecule has 146 valence electrons. The first kappa shape index (κ1) is 18.5. The van der Waals surface area contributed by atoms with E-state index in [1.807, 2.05) is 47.3 Å². The van der Waals surface area contributed by atoms with Crippen LogP contribution in [0.1, 0.15) is 23.4 Å². The number of carbonyl (C=O) groups excluding carboxylic acids is 1. The van der Waals surface area contributed by atoms with Gasteiger partial charge < -0.3 is 9.84 Å². The second-order valence-electron chi connectivity index (χ2n) is 6.55. The van der Waals surface area contributed by atoms with Gasteiger partial charge in [0, 0.05) is 49.7 Å². The van der Waals surface area contributed by atoms with Gasteiger partial charge in [-0.1, -0.05) is 29.4 Å². The van der Waals surface area contributed by atoms with E-state index < -0.39 is 0 Å². The van der Waals surface area contributed by atoms with E-state index in [-0.39, 0.29) is 12.3 Å². The van der Waals surface area contributed by atoms with Gasteiger partial charge in [0.25, 0.3) is 0 Å². The lowest BCUT2D eigenvalue weighted by atomic mass is 10.1. The van der Waals surface area contributed by atoms with Gasteiger partial charge in [-0.25, -0.2) is 0 Å². The average molecular weight is 388 g/mol. The highest BCUT2D eigenvalue weighted by Crippen LogP contribution is 2.14. The molecule has 0 bridgehead atoms. The van der Waals surface area contributed by atoms with E-state index in [9.17, 15) is 4.79 Å². The third-order valence-corrected chi connectivity index (χ3v) is 4.36. The third kappa shape index (κ3) is 5.13. The van der Waals surface area contributed by atoms with Crippen LogP contribution in [0.2, 0.25) is 0 Å². The summed E-state index contributed by atoms with van der Waals surface area (Å²) in [5.41, 5.74) is 3.00. The van der Waals surface area contributed by atoms with Crippen molar-refractivity contribution in [2.45, 2.75) is 25.9 Å². The molecule has 1 amide bonds. The van der Waals surface area contributed by atoms with E-state index in [0.29, 0.717) is 31.2 Å². The van der Waals surface area contributed by atoms with Crippen LogP contribution in [0.5, 0.6) is 0 Å². The van der Waals surface area contributed by atoms with E-state index in [0.717, 1.165) is 16.7 Å². The Morgan fingerprint density at radius 2 is 1.93 bits per heavy atom. The summed E-state index contributed by atoms with van der Waals surface area (Å²) in [5.74, 6) is 0.871. The standard InChI is InChI=1S/C21H20N6O2/c28-19(5-6-20-25-21(26-29-20)18-7-10-22-11-8-18)23-14-16-3-1-4-17(13-16)15-27-12-2-9-24-27/h1-4,7-13H,5-6,14-15H2,(H,23,28). The van der Waals surface area contributed by atoms with Crippen molar-refractivity contribution in [1.82, 2.24) is 30.2 Å². The summed E-state index contributed by atoms with van der Waals surface area (Å²) < 4.78 is 7.09. The lowest BCUT2D eigenvalue weighted by Gasteiger charge is -2.07. The molecular weight excluding hydrogens is 368 g/mol. The van der Waals surface area contributed by atoms with Crippen LogP contribution in [-0.4, -0.2) is 30.8 Å². The minimum atomic E-state index is -0.0638. The van der Waals surface area contributed by atoms with E-state index in [1.54, 1.807) is 18.6 Å². The van der Waals surface area contributed by atoms with Crippen molar-refractivity contribution < 1.29 is 9.32 Å². The largest absolute Gasteiger partial charge is 0.352 e. The Morgan fingerprint density at radius 1 is 1.07 bits per heavy atom. The molecule has 0 unspecified atom stereocenters. The number of nitrogens with zero attached hydrogens (tertiary/aromatic N) is 5. The number of benzene rings is 1. The number of amides is 1. The predicted molar refractivity (Wildman–Crippen MR) is 105 cm³/mol. The maximum absolute atomic E-state index is 12.2. The Hall–Kier alpha value is -3.81. The summed E-state index contributed by atoms with van der Waals surface area (Å²) in [7, 11) is 0. The van der Waals surface area contributed by atoms with Gasteiger partial charge in [-0.3, -0.25) is 14.5 Å². The average Bonchev–Trinajstić information content (AvgIpc) is 3.44. The van der Waals surface area contributed by atoms with Crippen LogP contribution in [0.25, 0.3) is 11.4 Å². The molecule has 29 heavy (non-hydrogen) atoms. The topological polar surface area (TPSA) is 98.7 Å². The van der Waals surface area contributed by atoms with Crippen molar-refractivity contribution in [2.24, 2.45) is 0 Å². The van der Waals surface area contributed by atoms with Crippen molar-refractivity contribution in [3.8, 4) is 11.4 Å². The Labute approximate surface area is 167 Å². The minimum Gasteiger partial charge on any atom is -0.352 e. The van der Waals surface area contributed by atoms with Crippen LogP contribution in [0.15, 0.2) is 71.8 Å². The molecular formula is C21H20N6O2. The lowest BCUT2D eigenvalue weighted by Crippen LogP contribution is -2.23. The van der Waals surface area contributed by atoms with Crippen molar-refractivity contribution in [2.75, 3.05) is 0 Å². The van der Waals surface area contributed by atoms with E-state index in [4.69, 9.17) is 4.52 Å². The van der Waals surface area contributed by atoms with Crippen molar-refractivity contribution in [3.05, 3.63) is 84.3 Å². The highest BCUT2D eigenvalue weighted by Gasteiger charge is 2.10.